The molecule has 1 N–H and O–H groups in total. The van der Waals surface area contributed by atoms with E-state index in [0.717, 1.165) is 42.7 Å². The Hall–Kier alpha value is -3.21. The average Bonchev–Trinajstić information content (AvgIpc) is 3.50. The molecule has 0 unspecified atom stereocenters. The van der Waals surface area contributed by atoms with Crippen molar-refractivity contribution in [3.63, 3.8) is 0 Å². The van der Waals surface area contributed by atoms with Gasteiger partial charge in [-0.2, -0.15) is 0 Å². The van der Waals surface area contributed by atoms with E-state index in [2.05, 4.69) is 58.7 Å². The largest absolute Gasteiger partial charge is 0.493 e. The van der Waals surface area contributed by atoms with Crippen LogP contribution in [0.25, 0.3) is 0 Å². The zero-order valence-corrected chi connectivity index (χ0v) is 18.7. The number of benzene rings is 2. The van der Waals surface area contributed by atoms with E-state index in [1.807, 2.05) is 13.8 Å². The lowest BCUT2D eigenvalue weighted by Gasteiger charge is -2.41. The Labute approximate surface area is 189 Å². The van der Waals surface area contributed by atoms with Crippen molar-refractivity contribution < 1.29 is 13.9 Å². The lowest BCUT2D eigenvalue weighted by molar-refractivity contribution is 0.0910. The third kappa shape index (κ3) is 4.67. The Morgan fingerprint density at radius 3 is 2.41 bits per heavy atom. The van der Waals surface area contributed by atoms with Gasteiger partial charge < -0.3 is 19.4 Å². The molecule has 166 valence electrons. The van der Waals surface area contributed by atoms with E-state index in [1.54, 1.807) is 12.1 Å². The van der Waals surface area contributed by atoms with E-state index >= 15 is 0 Å². The fourth-order valence-electron chi connectivity index (χ4n) is 4.12. The highest BCUT2D eigenvalue weighted by atomic mass is 16.5. The lowest BCUT2D eigenvalue weighted by atomic mass is 9.90. The van der Waals surface area contributed by atoms with Crippen molar-refractivity contribution in [2.24, 2.45) is 5.92 Å². The lowest BCUT2D eigenvalue weighted by Crippen LogP contribution is -2.45. The van der Waals surface area contributed by atoms with Crippen molar-refractivity contribution in [1.82, 2.24) is 5.32 Å². The maximum Gasteiger partial charge on any atom is 0.287 e. The molecule has 0 radical (unpaired) electrons. The molecule has 0 spiro atoms. The van der Waals surface area contributed by atoms with Gasteiger partial charge in [0.05, 0.1) is 12.6 Å². The summed E-state index contributed by atoms with van der Waals surface area (Å²) in [5, 5.41) is 3.00. The Morgan fingerprint density at radius 1 is 1.06 bits per heavy atom. The number of amides is 1. The molecule has 1 saturated heterocycles. The van der Waals surface area contributed by atoms with Crippen LogP contribution in [0, 0.1) is 12.8 Å². The monoisotopic (exact) mass is 430 g/mol. The van der Waals surface area contributed by atoms with Crippen LogP contribution in [0.3, 0.4) is 0 Å². The van der Waals surface area contributed by atoms with Gasteiger partial charge in [0, 0.05) is 24.7 Å². The first-order chi connectivity index (χ1) is 15.5. The first-order valence-electron chi connectivity index (χ1n) is 11.5. The van der Waals surface area contributed by atoms with E-state index in [-0.39, 0.29) is 11.9 Å². The van der Waals surface area contributed by atoms with Gasteiger partial charge in [0.2, 0.25) is 0 Å². The minimum atomic E-state index is -0.187. The van der Waals surface area contributed by atoms with Crippen LogP contribution in [-0.2, 0) is 0 Å². The zero-order chi connectivity index (χ0) is 22.1. The summed E-state index contributed by atoms with van der Waals surface area (Å²) in [6.45, 7) is 6.72. The molecule has 2 aromatic carbocycles. The second kappa shape index (κ2) is 8.73. The summed E-state index contributed by atoms with van der Waals surface area (Å²) in [4.78, 5) is 14.7. The number of anilines is 1. The second-order valence-electron chi connectivity index (χ2n) is 9.12. The minimum Gasteiger partial charge on any atom is -0.493 e. The van der Waals surface area contributed by atoms with E-state index < -0.39 is 0 Å². The van der Waals surface area contributed by atoms with Gasteiger partial charge in [-0.3, -0.25) is 4.79 Å². The standard InChI is InChI=1S/C27H30N2O3/c1-18-3-14-26(32-18)27(30)28-19(2)21-6-8-22(9-7-21)23-15-29(16-23)24-10-12-25(13-11-24)31-17-20-4-5-20/h3,6-14,19-20,23H,4-5,15-17H2,1-2H3,(H,28,30)/t19-/m0/s1. The summed E-state index contributed by atoms with van der Waals surface area (Å²) >= 11 is 0. The predicted molar refractivity (Wildman–Crippen MR) is 125 cm³/mol. The maximum atomic E-state index is 12.3. The summed E-state index contributed by atoms with van der Waals surface area (Å²) in [7, 11) is 0. The summed E-state index contributed by atoms with van der Waals surface area (Å²) in [6.07, 6.45) is 2.62. The molecule has 1 atom stereocenters. The predicted octanol–water partition coefficient (Wildman–Crippen LogP) is 5.47. The van der Waals surface area contributed by atoms with Crippen LogP contribution >= 0.6 is 0 Å². The number of hydrogen-bond donors (Lipinski definition) is 1. The van der Waals surface area contributed by atoms with Crippen molar-refractivity contribution in [3.05, 3.63) is 83.3 Å². The van der Waals surface area contributed by atoms with Crippen LogP contribution in [0.2, 0.25) is 0 Å². The molecule has 1 amide bonds. The number of rotatable bonds is 8. The Balaban J connectivity index is 1.12. The fourth-order valence-corrected chi connectivity index (χ4v) is 4.12. The maximum absolute atomic E-state index is 12.3. The summed E-state index contributed by atoms with van der Waals surface area (Å²) < 4.78 is 11.2. The molecule has 2 fully saturated rings. The first-order valence-corrected chi connectivity index (χ1v) is 11.5. The van der Waals surface area contributed by atoms with E-state index in [4.69, 9.17) is 9.15 Å². The Bertz CT molecular complexity index is 1060. The molecule has 1 aliphatic heterocycles. The number of furan rings is 1. The van der Waals surface area contributed by atoms with Crippen LogP contribution in [0.15, 0.2) is 65.1 Å². The van der Waals surface area contributed by atoms with Gasteiger partial charge in [-0.05, 0) is 80.1 Å². The van der Waals surface area contributed by atoms with Crippen LogP contribution in [-0.4, -0.2) is 25.6 Å². The van der Waals surface area contributed by atoms with Gasteiger partial charge in [0.1, 0.15) is 11.5 Å². The second-order valence-corrected chi connectivity index (χ2v) is 9.12. The molecular formula is C27H30N2O3. The molecule has 0 bridgehead atoms. The van der Waals surface area contributed by atoms with E-state index in [0.29, 0.717) is 11.7 Å². The van der Waals surface area contributed by atoms with E-state index in [1.165, 1.54) is 24.1 Å². The fraction of sp³-hybridized carbons (Fsp3) is 0.370. The molecule has 1 saturated carbocycles. The minimum absolute atomic E-state index is 0.0829. The Kier molecular flexibility index (Phi) is 5.64. The normalized spacial score (nSPS) is 17.0. The zero-order valence-electron chi connectivity index (χ0n) is 18.7. The van der Waals surface area contributed by atoms with E-state index in [9.17, 15) is 4.79 Å². The molecular weight excluding hydrogens is 400 g/mol. The van der Waals surface area contributed by atoms with Crippen molar-refractivity contribution in [1.29, 1.82) is 0 Å². The number of hydrogen-bond acceptors (Lipinski definition) is 4. The van der Waals surface area contributed by atoms with Crippen LogP contribution in [0.4, 0.5) is 5.69 Å². The highest BCUT2D eigenvalue weighted by Gasteiger charge is 2.28. The van der Waals surface area contributed by atoms with Crippen molar-refractivity contribution in [3.8, 4) is 5.75 Å². The number of ether oxygens (including phenoxy) is 1. The van der Waals surface area contributed by atoms with Crippen molar-refractivity contribution in [2.75, 3.05) is 24.6 Å². The highest BCUT2D eigenvalue weighted by molar-refractivity contribution is 5.91. The topological polar surface area (TPSA) is 54.7 Å². The number of aryl methyl sites for hydroxylation is 1. The molecule has 3 aromatic rings. The van der Waals surface area contributed by atoms with Gasteiger partial charge in [0.25, 0.3) is 5.91 Å². The molecule has 2 aliphatic rings. The smallest absolute Gasteiger partial charge is 0.287 e. The number of carbonyl (C=O) groups is 1. The average molecular weight is 431 g/mol. The SMILES string of the molecule is Cc1ccc(C(=O)N[C@@H](C)c2ccc(C3CN(c4ccc(OCC5CC5)cc4)C3)cc2)o1. The van der Waals surface area contributed by atoms with Gasteiger partial charge in [-0.25, -0.2) is 0 Å². The van der Waals surface area contributed by atoms with Gasteiger partial charge in [-0.1, -0.05) is 24.3 Å². The molecule has 5 rings (SSSR count). The highest BCUT2D eigenvalue weighted by Crippen LogP contribution is 2.34. The number of carbonyl (C=O) groups excluding carboxylic acids is 1. The van der Waals surface area contributed by atoms with Gasteiger partial charge >= 0.3 is 0 Å². The molecule has 5 heteroatoms. The van der Waals surface area contributed by atoms with Crippen molar-refractivity contribution in [2.45, 2.75) is 38.6 Å². The van der Waals surface area contributed by atoms with Crippen LogP contribution in [0.5, 0.6) is 5.75 Å². The number of nitrogens with one attached hydrogen (secondary N) is 1. The molecule has 32 heavy (non-hydrogen) atoms. The van der Waals surface area contributed by atoms with Crippen LogP contribution in [0.1, 0.15) is 59.2 Å². The molecule has 5 nitrogen and oxygen atoms in total. The third-order valence-corrected chi connectivity index (χ3v) is 6.49. The summed E-state index contributed by atoms with van der Waals surface area (Å²) in [6, 6.07) is 20.5. The first kappa shape index (κ1) is 20.7. The molecule has 2 heterocycles. The summed E-state index contributed by atoms with van der Waals surface area (Å²) in [5.41, 5.74) is 3.68. The molecule has 1 aliphatic carbocycles. The van der Waals surface area contributed by atoms with Crippen LogP contribution < -0.4 is 15.0 Å². The van der Waals surface area contributed by atoms with Crippen molar-refractivity contribution >= 4 is 11.6 Å². The quantitative estimate of drug-likeness (QED) is 0.515. The van der Waals surface area contributed by atoms with Gasteiger partial charge in [-0.15, -0.1) is 0 Å². The summed E-state index contributed by atoms with van der Waals surface area (Å²) in [5.74, 6) is 3.18. The molecule has 1 aromatic heterocycles. The van der Waals surface area contributed by atoms with Gasteiger partial charge in [0.15, 0.2) is 5.76 Å². The number of nitrogens with zero attached hydrogens (tertiary/aromatic N) is 1. The Morgan fingerprint density at radius 2 is 1.78 bits per heavy atom. The third-order valence-electron chi connectivity index (χ3n) is 6.49.